The molecule has 174 valence electrons. The maximum absolute atomic E-state index is 13.1. The summed E-state index contributed by atoms with van der Waals surface area (Å²) in [5.74, 6) is -1.60. The molecule has 0 radical (unpaired) electrons. The van der Waals surface area contributed by atoms with Gasteiger partial charge in [-0.05, 0) is 74.2 Å². The van der Waals surface area contributed by atoms with E-state index in [1.807, 2.05) is 0 Å². The molecule has 0 aliphatic carbocycles. The van der Waals surface area contributed by atoms with Gasteiger partial charge in [0, 0.05) is 17.7 Å². The monoisotopic (exact) mass is 460 g/mol. The Morgan fingerprint density at radius 2 is 1.62 bits per heavy atom. The molecule has 0 fully saturated rings. The molecular weight excluding hydrogens is 435 g/mol. The van der Waals surface area contributed by atoms with Crippen molar-refractivity contribution in [3.05, 3.63) is 105 Å². The molecule has 1 N–H and O–H groups in total. The summed E-state index contributed by atoms with van der Waals surface area (Å²) in [7, 11) is 0. The summed E-state index contributed by atoms with van der Waals surface area (Å²) in [6, 6.07) is 17.5. The molecule has 34 heavy (non-hydrogen) atoms. The van der Waals surface area contributed by atoms with Crippen molar-refractivity contribution in [2.24, 2.45) is 0 Å². The largest absolute Gasteiger partial charge is 0.428 e. The minimum atomic E-state index is -0.821. The van der Waals surface area contributed by atoms with Gasteiger partial charge in [0.05, 0.1) is 5.52 Å². The van der Waals surface area contributed by atoms with E-state index in [1.165, 1.54) is 53.6 Å². The Balaban J connectivity index is 1.34. The van der Waals surface area contributed by atoms with E-state index in [9.17, 15) is 18.8 Å². The van der Waals surface area contributed by atoms with Crippen LogP contribution in [-0.2, 0) is 6.42 Å². The Hall–Kier alpha value is -4.00. The van der Waals surface area contributed by atoms with Gasteiger partial charge in [-0.3, -0.25) is 4.79 Å². The van der Waals surface area contributed by atoms with Gasteiger partial charge in [-0.15, -0.1) is 0 Å². The number of carbonyl (C=O) groups excluding carboxylic acids is 2. The number of carbonyl (C=O) groups is 2. The van der Waals surface area contributed by atoms with E-state index in [4.69, 9.17) is 4.42 Å². The van der Waals surface area contributed by atoms with Crippen molar-refractivity contribution < 1.29 is 18.4 Å². The number of hydrogen-bond donors (Lipinski definition) is 1. The van der Waals surface area contributed by atoms with Crippen LogP contribution in [0.2, 0.25) is 0 Å². The Morgan fingerprint density at radius 1 is 0.912 bits per heavy atom. The van der Waals surface area contributed by atoms with Crippen LogP contribution in [0.3, 0.4) is 0 Å². The molecule has 3 aromatic carbocycles. The number of amides is 1. The van der Waals surface area contributed by atoms with E-state index < -0.39 is 17.6 Å². The minimum Gasteiger partial charge on any atom is -0.407 e. The standard InChI is InChI=1S/C27H25FN2O4/c1-18-6-8-19(9-7-18)5-3-2-4-16-29-26(32)30-23-15-12-21(17-24(23)34-27(30)33)25(31)20-10-13-22(28)14-11-20/h6-15,17H,2-5,16H2,1H3,(H,29,32). The fraction of sp³-hybridized carbons (Fsp3) is 0.222. The SMILES string of the molecule is Cc1ccc(CCCCCNC(=O)n2c(=O)oc3cc(C(=O)c4ccc(F)cc4)ccc32)cc1. The highest BCUT2D eigenvalue weighted by Crippen LogP contribution is 2.18. The number of benzene rings is 3. The number of unbranched alkanes of at least 4 members (excludes halogenated alkanes) is 2. The molecular formula is C27H25FN2O4. The highest BCUT2D eigenvalue weighted by Gasteiger charge is 2.18. The summed E-state index contributed by atoms with van der Waals surface area (Å²) in [4.78, 5) is 37.5. The highest BCUT2D eigenvalue weighted by atomic mass is 19.1. The zero-order valence-corrected chi connectivity index (χ0v) is 18.8. The number of hydrogen-bond acceptors (Lipinski definition) is 4. The molecule has 0 saturated carbocycles. The second-order valence-corrected chi connectivity index (χ2v) is 8.25. The van der Waals surface area contributed by atoms with Crippen LogP contribution in [0, 0.1) is 12.7 Å². The van der Waals surface area contributed by atoms with Gasteiger partial charge in [0.2, 0.25) is 0 Å². The van der Waals surface area contributed by atoms with Gasteiger partial charge >= 0.3 is 11.8 Å². The molecule has 4 aromatic rings. The van der Waals surface area contributed by atoms with Gasteiger partial charge in [-0.2, -0.15) is 4.57 Å². The van der Waals surface area contributed by atoms with Crippen LogP contribution >= 0.6 is 0 Å². The first-order chi connectivity index (χ1) is 16.4. The molecule has 6 nitrogen and oxygen atoms in total. The van der Waals surface area contributed by atoms with Crippen molar-refractivity contribution in [2.45, 2.75) is 32.6 Å². The Bertz CT molecular complexity index is 1370. The summed E-state index contributed by atoms with van der Waals surface area (Å²) in [6.07, 6.45) is 3.74. The van der Waals surface area contributed by atoms with Crippen LogP contribution in [-0.4, -0.2) is 22.9 Å². The predicted molar refractivity (Wildman–Crippen MR) is 128 cm³/mol. The van der Waals surface area contributed by atoms with Gasteiger partial charge in [-0.1, -0.05) is 36.2 Å². The van der Waals surface area contributed by atoms with E-state index in [2.05, 4.69) is 36.5 Å². The summed E-state index contributed by atoms with van der Waals surface area (Å²) in [5, 5.41) is 2.75. The number of aryl methyl sites for hydroxylation is 2. The fourth-order valence-electron chi connectivity index (χ4n) is 3.78. The fourth-order valence-corrected chi connectivity index (χ4v) is 3.78. The first-order valence-electron chi connectivity index (χ1n) is 11.2. The molecule has 0 spiro atoms. The molecule has 1 aromatic heterocycles. The molecule has 1 amide bonds. The van der Waals surface area contributed by atoms with Gasteiger partial charge < -0.3 is 9.73 Å². The van der Waals surface area contributed by atoms with Crippen LogP contribution in [0.1, 0.15) is 46.3 Å². The normalized spacial score (nSPS) is 11.0. The van der Waals surface area contributed by atoms with Crippen molar-refractivity contribution in [1.82, 2.24) is 9.88 Å². The number of halogens is 1. The van der Waals surface area contributed by atoms with Crippen molar-refractivity contribution in [2.75, 3.05) is 6.54 Å². The van der Waals surface area contributed by atoms with Crippen LogP contribution in [0.25, 0.3) is 11.1 Å². The van der Waals surface area contributed by atoms with Gasteiger partial charge in [0.15, 0.2) is 11.4 Å². The highest BCUT2D eigenvalue weighted by molar-refractivity contribution is 6.10. The van der Waals surface area contributed by atoms with E-state index in [0.29, 0.717) is 12.1 Å². The minimum absolute atomic E-state index is 0.131. The van der Waals surface area contributed by atoms with Crippen molar-refractivity contribution in [3.8, 4) is 0 Å². The van der Waals surface area contributed by atoms with Crippen LogP contribution < -0.4 is 11.1 Å². The third-order valence-corrected chi connectivity index (χ3v) is 5.69. The smallest absolute Gasteiger partial charge is 0.407 e. The van der Waals surface area contributed by atoms with E-state index in [-0.39, 0.29) is 22.4 Å². The number of rotatable bonds is 8. The third kappa shape index (κ3) is 5.31. The zero-order valence-electron chi connectivity index (χ0n) is 18.8. The van der Waals surface area contributed by atoms with Crippen molar-refractivity contribution in [3.63, 3.8) is 0 Å². The van der Waals surface area contributed by atoms with E-state index >= 15 is 0 Å². The zero-order chi connectivity index (χ0) is 24.1. The molecule has 1 heterocycles. The maximum Gasteiger partial charge on any atom is 0.428 e. The molecule has 4 rings (SSSR count). The topological polar surface area (TPSA) is 81.3 Å². The van der Waals surface area contributed by atoms with Crippen LogP contribution in [0.15, 0.2) is 75.9 Å². The average molecular weight is 461 g/mol. The molecule has 0 aliphatic rings. The number of aromatic nitrogens is 1. The van der Waals surface area contributed by atoms with Gasteiger partial charge in [0.1, 0.15) is 5.82 Å². The summed E-state index contributed by atoms with van der Waals surface area (Å²) >= 11 is 0. The second kappa shape index (κ2) is 10.3. The summed E-state index contributed by atoms with van der Waals surface area (Å²) in [5.41, 5.74) is 3.52. The number of nitrogens with one attached hydrogen (secondary N) is 1. The van der Waals surface area contributed by atoms with E-state index in [1.54, 1.807) is 0 Å². The number of fused-ring (bicyclic) bond motifs is 1. The molecule has 0 saturated heterocycles. The Kier molecular flexibility index (Phi) is 7.01. The van der Waals surface area contributed by atoms with E-state index in [0.717, 1.165) is 30.3 Å². The van der Waals surface area contributed by atoms with Gasteiger partial charge in [-0.25, -0.2) is 14.0 Å². The molecule has 0 unspecified atom stereocenters. The first-order valence-corrected chi connectivity index (χ1v) is 11.2. The molecule has 0 aliphatic heterocycles. The Labute approximate surface area is 196 Å². The predicted octanol–water partition coefficient (Wildman–Crippen LogP) is 5.24. The molecule has 0 atom stereocenters. The number of ketones is 1. The Morgan fingerprint density at radius 3 is 2.35 bits per heavy atom. The average Bonchev–Trinajstić information content (AvgIpc) is 3.17. The lowest BCUT2D eigenvalue weighted by Gasteiger charge is -2.06. The van der Waals surface area contributed by atoms with Crippen molar-refractivity contribution in [1.29, 1.82) is 0 Å². The number of oxazole rings is 1. The molecule has 0 bridgehead atoms. The second-order valence-electron chi connectivity index (χ2n) is 8.25. The first kappa shape index (κ1) is 23.2. The van der Waals surface area contributed by atoms with Crippen LogP contribution in [0.4, 0.5) is 9.18 Å². The number of nitrogens with zero attached hydrogens (tertiary/aromatic N) is 1. The third-order valence-electron chi connectivity index (χ3n) is 5.69. The lowest BCUT2D eigenvalue weighted by atomic mass is 10.0. The van der Waals surface area contributed by atoms with Gasteiger partial charge in [0.25, 0.3) is 0 Å². The lowest BCUT2D eigenvalue weighted by molar-refractivity contribution is 0.103. The van der Waals surface area contributed by atoms with Crippen LogP contribution in [0.5, 0.6) is 0 Å². The molecule has 7 heteroatoms. The lowest BCUT2D eigenvalue weighted by Crippen LogP contribution is -2.34. The van der Waals surface area contributed by atoms with Crippen molar-refractivity contribution >= 4 is 22.9 Å². The quantitative estimate of drug-likeness (QED) is 0.288. The summed E-state index contributed by atoms with van der Waals surface area (Å²) in [6.45, 7) is 2.50. The maximum atomic E-state index is 13.1. The summed E-state index contributed by atoms with van der Waals surface area (Å²) < 4.78 is 19.2.